The maximum atomic E-state index is 12.7. The minimum atomic E-state index is -4.58. The van der Waals surface area contributed by atoms with Gasteiger partial charge in [0.25, 0.3) is 0 Å². The minimum absolute atomic E-state index is 0.324. The fourth-order valence-electron chi connectivity index (χ4n) is 1.32. The van der Waals surface area contributed by atoms with Gasteiger partial charge in [0.1, 0.15) is 0 Å². The van der Waals surface area contributed by atoms with E-state index in [9.17, 15) is 13.2 Å². The number of pyridine rings is 1. The lowest BCUT2D eigenvalue weighted by atomic mass is 10.0. The fraction of sp³-hybridized carbons (Fsp3) is 0.333. The van der Waals surface area contributed by atoms with Crippen LogP contribution in [0.5, 0.6) is 0 Å². The molecule has 1 unspecified atom stereocenters. The zero-order valence-electron chi connectivity index (χ0n) is 8.36. The molecule has 1 atom stereocenters. The highest BCUT2D eigenvalue weighted by atomic mass is 19.4. The van der Waals surface area contributed by atoms with Gasteiger partial charge in [-0.05, 0) is 19.1 Å². The summed E-state index contributed by atoms with van der Waals surface area (Å²) >= 11 is 0. The standard InChI is InChI=1S/C9H9F3N4/c1-8(13,9(10,11)12)7-15-14-6-4-2-3-5-16(6)7/h2-5H,13H2,1H3. The maximum absolute atomic E-state index is 12.7. The first-order valence-corrected chi connectivity index (χ1v) is 4.50. The molecule has 0 spiro atoms. The largest absolute Gasteiger partial charge is 0.413 e. The number of hydrogen-bond donors (Lipinski definition) is 1. The molecule has 7 heteroatoms. The smallest absolute Gasteiger partial charge is 0.311 e. The van der Waals surface area contributed by atoms with Crippen LogP contribution in [0, 0.1) is 0 Å². The minimum Gasteiger partial charge on any atom is -0.311 e. The number of nitrogens with zero attached hydrogens (tertiary/aromatic N) is 3. The van der Waals surface area contributed by atoms with Gasteiger partial charge < -0.3 is 5.73 Å². The van der Waals surface area contributed by atoms with Crippen molar-refractivity contribution in [1.82, 2.24) is 14.6 Å². The van der Waals surface area contributed by atoms with E-state index in [0.717, 1.165) is 6.92 Å². The molecule has 2 aromatic heterocycles. The third kappa shape index (κ3) is 1.44. The van der Waals surface area contributed by atoms with Gasteiger partial charge >= 0.3 is 6.18 Å². The van der Waals surface area contributed by atoms with Gasteiger partial charge in [-0.3, -0.25) is 4.40 Å². The first kappa shape index (κ1) is 10.9. The zero-order valence-corrected chi connectivity index (χ0v) is 8.36. The van der Waals surface area contributed by atoms with Crippen molar-refractivity contribution < 1.29 is 13.2 Å². The quantitative estimate of drug-likeness (QED) is 0.807. The summed E-state index contributed by atoms with van der Waals surface area (Å²) < 4.78 is 39.4. The van der Waals surface area contributed by atoms with Gasteiger partial charge in [-0.25, -0.2) is 0 Å². The lowest BCUT2D eigenvalue weighted by molar-refractivity contribution is -0.186. The molecule has 0 aliphatic rings. The van der Waals surface area contributed by atoms with Crippen LogP contribution in [0.1, 0.15) is 12.7 Å². The molecule has 0 radical (unpaired) electrons. The van der Waals surface area contributed by atoms with Crippen molar-refractivity contribution in [3.05, 3.63) is 30.2 Å². The molecule has 0 aliphatic heterocycles. The number of nitrogens with two attached hydrogens (primary N) is 1. The third-order valence-corrected chi connectivity index (χ3v) is 2.37. The van der Waals surface area contributed by atoms with E-state index in [1.165, 1.54) is 10.6 Å². The third-order valence-electron chi connectivity index (χ3n) is 2.37. The Balaban J connectivity index is 2.64. The van der Waals surface area contributed by atoms with Crippen molar-refractivity contribution in [1.29, 1.82) is 0 Å². The zero-order chi connectivity index (χ0) is 12.0. The van der Waals surface area contributed by atoms with Gasteiger partial charge in [0, 0.05) is 6.20 Å². The van der Waals surface area contributed by atoms with Crippen LogP contribution in [0.3, 0.4) is 0 Å². The molecule has 2 heterocycles. The molecule has 86 valence electrons. The summed E-state index contributed by atoms with van der Waals surface area (Å²) in [5, 5.41) is 7.13. The van der Waals surface area contributed by atoms with Crippen LogP contribution in [0.15, 0.2) is 24.4 Å². The summed E-state index contributed by atoms with van der Waals surface area (Å²) in [6.45, 7) is 0.871. The van der Waals surface area contributed by atoms with Crippen LogP contribution >= 0.6 is 0 Å². The van der Waals surface area contributed by atoms with E-state index in [4.69, 9.17) is 5.73 Å². The van der Waals surface area contributed by atoms with E-state index in [0.29, 0.717) is 5.65 Å². The van der Waals surface area contributed by atoms with Crippen LogP contribution in [0.4, 0.5) is 13.2 Å². The van der Waals surface area contributed by atoms with Gasteiger partial charge in [-0.1, -0.05) is 6.07 Å². The molecule has 0 bridgehead atoms. The molecule has 0 saturated carbocycles. The van der Waals surface area contributed by atoms with Gasteiger partial charge in [0.05, 0.1) is 0 Å². The molecular weight excluding hydrogens is 221 g/mol. The predicted octanol–water partition coefficient (Wildman–Crippen LogP) is 1.47. The second-order valence-corrected chi connectivity index (χ2v) is 3.65. The van der Waals surface area contributed by atoms with Crippen molar-refractivity contribution in [3.8, 4) is 0 Å². The molecule has 0 aromatic carbocycles. The van der Waals surface area contributed by atoms with Gasteiger partial charge in [-0.15, -0.1) is 10.2 Å². The molecule has 0 saturated heterocycles. The molecule has 2 N–H and O–H groups in total. The molecule has 0 amide bonds. The number of halogens is 3. The summed E-state index contributed by atoms with van der Waals surface area (Å²) in [6, 6.07) is 4.81. The van der Waals surface area contributed by atoms with Crippen molar-refractivity contribution in [3.63, 3.8) is 0 Å². The lowest BCUT2D eigenvalue weighted by Crippen LogP contribution is -2.49. The average molecular weight is 230 g/mol. The predicted molar refractivity (Wildman–Crippen MR) is 50.6 cm³/mol. The Morgan fingerprint density at radius 1 is 1.25 bits per heavy atom. The highest BCUT2D eigenvalue weighted by Crippen LogP contribution is 2.35. The Morgan fingerprint density at radius 2 is 1.94 bits per heavy atom. The highest BCUT2D eigenvalue weighted by molar-refractivity contribution is 5.38. The van der Waals surface area contributed by atoms with Crippen LogP contribution < -0.4 is 5.73 Å². The van der Waals surface area contributed by atoms with E-state index in [1.807, 2.05) is 0 Å². The second-order valence-electron chi connectivity index (χ2n) is 3.65. The van der Waals surface area contributed by atoms with Crippen LogP contribution in [0.25, 0.3) is 5.65 Å². The number of aromatic nitrogens is 3. The summed E-state index contributed by atoms with van der Waals surface area (Å²) in [7, 11) is 0. The summed E-state index contributed by atoms with van der Waals surface area (Å²) in [4.78, 5) is 0. The molecule has 2 aromatic rings. The highest BCUT2D eigenvalue weighted by Gasteiger charge is 2.52. The molecule has 16 heavy (non-hydrogen) atoms. The fourth-order valence-corrected chi connectivity index (χ4v) is 1.32. The molecule has 0 aliphatic carbocycles. The molecule has 2 rings (SSSR count). The van der Waals surface area contributed by atoms with E-state index >= 15 is 0 Å². The normalized spacial score (nSPS) is 16.3. The first-order valence-electron chi connectivity index (χ1n) is 4.50. The number of fused-ring (bicyclic) bond motifs is 1. The lowest BCUT2D eigenvalue weighted by Gasteiger charge is -2.25. The van der Waals surface area contributed by atoms with Crippen molar-refractivity contribution in [2.45, 2.75) is 18.6 Å². The maximum Gasteiger partial charge on any atom is 0.413 e. The Kier molecular flexibility index (Phi) is 2.16. The Hall–Kier alpha value is -1.63. The van der Waals surface area contributed by atoms with Crippen molar-refractivity contribution in [2.24, 2.45) is 5.73 Å². The van der Waals surface area contributed by atoms with Crippen LogP contribution in [-0.4, -0.2) is 20.8 Å². The molecule has 4 nitrogen and oxygen atoms in total. The number of rotatable bonds is 1. The summed E-state index contributed by atoms with van der Waals surface area (Å²) in [5.74, 6) is -0.324. The molecule has 0 fully saturated rings. The van der Waals surface area contributed by atoms with Gasteiger partial charge in [0.2, 0.25) is 0 Å². The topological polar surface area (TPSA) is 56.2 Å². The Bertz CT molecular complexity index is 515. The molecular formula is C9H9F3N4. The van der Waals surface area contributed by atoms with Crippen LogP contribution in [-0.2, 0) is 5.54 Å². The van der Waals surface area contributed by atoms with E-state index < -0.39 is 11.7 Å². The Morgan fingerprint density at radius 3 is 2.56 bits per heavy atom. The number of hydrogen-bond acceptors (Lipinski definition) is 3. The first-order chi connectivity index (χ1) is 7.34. The van der Waals surface area contributed by atoms with Crippen LogP contribution in [0.2, 0.25) is 0 Å². The van der Waals surface area contributed by atoms with Crippen molar-refractivity contribution >= 4 is 5.65 Å². The van der Waals surface area contributed by atoms with Gasteiger partial charge in [0.15, 0.2) is 17.0 Å². The number of alkyl halides is 3. The van der Waals surface area contributed by atoms with Crippen molar-refractivity contribution in [2.75, 3.05) is 0 Å². The van der Waals surface area contributed by atoms with Gasteiger partial charge in [-0.2, -0.15) is 13.2 Å². The average Bonchev–Trinajstić information content (AvgIpc) is 2.59. The monoisotopic (exact) mass is 230 g/mol. The SMILES string of the molecule is CC(N)(c1nnc2ccccn12)C(F)(F)F. The second kappa shape index (κ2) is 3.18. The van der Waals surface area contributed by atoms with E-state index in [-0.39, 0.29) is 5.82 Å². The van der Waals surface area contributed by atoms with E-state index in [2.05, 4.69) is 10.2 Å². The van der Waals surface area contributed by atoms with E-state index in [1.54, 1.807) is 18.2 Å². The Labute approximate surface area is 88.9 Å². The summed E-state index contributed by atoms with van der Waals surface area (Å²) in [5.41, 5.74) is 3.09. The summed E-state index contributed by atoms with van der Waals surface area (Å²) in [6.07, 6.45) is -3.13.